The minimum atomic E-state index is -0.341. The summed E-state index contributed by atoms with van der Waals surface area (Å²) in [5.41, 5.74) is 1.28. The number of aryl methyl sites for hydroxylation is 1. The average Bonchev–Trinajstić information content (AvgIpc) is 2.86. The molecule has 0 aliphatic rings. The number of aliphatic hydroxyl groups excluding tert-OH is 1. The molecule has 0 unspecified atom stereocenters. The minimum Gasteiger partial charge on any atom is -0.394 e. The van der Waals surface area contributed by atoms with E-state index in [1.807, 2.05) is 30.3 Å². The van der Waals surface area contributed by atoms with Crippen LogP contribution in [-0.2, 0) is 6.42 Å². The van der Waals surface area contributed by atoms with Crippen LogP contribution in [0.2, 0.25) is 0 Å². The van der Waals surface area contributed by atoms with Crippen LogP contribution in [0.1, 0.15) is 21.8 Å². The van der Waals surface area contributed by atoms with E-state index in [-0.39, 0.29) is 24.2 Å². The second-order valence-corrected chi connectivity index (χ2v) is 4.37. The molecule has 0 spiro atoms. The Labute approximate surface area is 111 Å². The van der Waals surface area contributed by atoms with E-state index in [2.05, 4.69) is 10.5 Å². The van der Waals surface area contributed by atoms with Gasteiger partial charge in [0, 0.05) is 6.07 Å². The van der Waals surface area contributed by atoms with Crippen molar-refractivity contribution in [3.63, 3.8) is 0 Å². The molecule has 0 saturated heterocycles. The Morgan fingerprint density at radius 2 is 2.16 bits per heavy atom. The molecule has 0 aliphatic carbocycles. The molecule has 2 rings (SSSR count). The maximum Gasteiger partial charge on any atom is 0.273 e. The number of nitrogens with one attached hydrogen (secondary N) is 1. The van der Waals surface area contributed by atoms with Crippen molar-refractivity contribution in [2.24, 2.45) is 0 Å². The zero-order valence-electron chi connectivity index (χ0n) is 10.7. The second-order valence-electron chi connectivity index (χ2n) is 4.37. The fraction of sp³-hybridized carbons (Fsp3) is 0.286. The first-order valence-electron chi connectivity index (χ1n) is 6.08. The Morgan fingerprint density at radius 3 is 2.74 bits per heavy atom. The highest BCUT2D eigenvalue weighted by atomic mass is 16.5. The first-order valence-corrected chi connectivity index (χ1v) is 6.08. The Bertz CT molecular complexity index is 537. The molecule has 0 saturated carbocycles. The number of hydrogen-bond donors (Lipinski definition) is 2. The molecule has 1 amide bonds. The third-order valence-electron chi connectivity index (χ3n) is 2.74. The van der Waals surface area contributed by atoms with Crippen LogP contribution in [-0.4, -0.2) is 28.8 Å². The Hall–Kier alpha value is -2.14. The Balaban J connectivity index is 1.97. The number of amides is 1. The van der Waals surface area contributed by atoms with Crippen LogP contribution in [0.4, 0.5) is 0 Å². The van der Waals surface area contributed by atoms with Gasteiger partial charge in [-0.1, -0.05) is 35.5 Å². The maximum atomic E-state index is 11.9. The highest BCUT2D eigenvalue weighted by molar-refractivity contribution is 5.92. The molecular weight excluding hydrogens is 244 g/mol. The van der Waals surface area contributed by atoms with Gasteiger partial charge in [0.15, 0.2) is 5.69 Å². The van der Waals surface area contributed by atoms with Gasteiger partial charge in [0.1, 0.15) is 5.76 Å². The first-order chi connectivity index (χ1) is 9.19. The number of hydrogen-bond acceptors (Lipinski definition) is 4. The number of carbonyl (C=O) groups excluding carboxylic acids is 1. The van der Waals surface area contributed by atoms with Crippen LogP contribution >= 0.6 is 0 Å². The van der Waals surface area contributed by atoms with Gasteiger partial charge in [-0.3, -0.25) is 4.79 Å². The molecule has 1 atom stereocenters. The van der Waals surface area contributed by atoms with Crippen LogP contribution in [0.25, 0.3) is 0 Å². The molecule has 100 valence electrons. The predicted molar refractivity (Wildman–Crippen MR) is 69.7 cm³/mol. The standard InChI is InChI=1S/C14H16N2O3/c1-10-7-13(16-19-10)14(18)15-12(9-17)8-11-5-3-2-4-6-11/h2-7,12,17H,8-9H2,1H3,(H,15,18)/t12-/m1/s1. The lowest BCUT2D eigenvalue weighted by Gasteiger charge is -2.15. The normalized spacial score (nSPS) is 12.1. The summed E-state index contributed by atoms with van der Waals surface area (Å²) in [6, 6.07) is 10.9. The number of benzene rings is 1. The third kappa shape index (κ3) is 3.66. The van der Waals surface area contributed by atoms with E-state index in [1.165, 1.54) is 0 Å². The summed E-state index contributed by atoms with van der Waals surface area (Å²) >= 11 is 0. The SMILES string of the molecule is Cc1cc(C(=O)N[C@@H](CO)Cc2ccccc2)no1. The number of aromatic nitrogens is 1. The van der Waals surface area contributed by atoms with E-state index in [0.717, 1.165) is 5.56 Å². The van der Waals surface area contributed by atoms with Gasteiger partial charge in [0.25, 0.3) is 5.91 Å². The maximum absolute atomic E-state index is 11.9. The molecule has 1 aromatic heterocycles. The fourth-order valence-corrected chi connectivity index (χ4v) is 1.79. The topological polar surface area (TPSA) is 75.4 Å². The molecule has 0 aliphatic heterocycles. The van der Waals surface area contributed by atoms with Crippen LogP contribution in [0.3, 0.4) is 0 Å². The van der Waals surface area contributed by atoms with E-state index in [0.29, 0.717) is 12.2 Å². The van der Waals surface area contributed by atoms with Gasteiger partial charge in [-0.15, -0.1) is 0 Å². The number of rotatable bonds is 5. The zero-order chi connectivity index (χ0) is 13.7. The number of carbonyl (C=O) groups is 1. The average molecular weight is 260 g/mol. The van der Waals surface area contributed by atoms with Gasteiger partial charge >= 0.3 is 0 Å². The number of aliphatic hydroxyl groups is 1. The van der Waals surface area contributed by atoms with E-state index in [9.17, 15) is 9.90 Å². The lowest BCUT2D eigenvalue weighted by Crippen LogP contribution is -2.39. The van der Waals surface area contributed by atoms with Gasteiger partial charge in [-0.2, -0.15) is 0 Å². The van der Waals surface area contributed by atoms with Gasteiger partial charge in [0.2, 0.25) is 0 Å². The monoisotopic (exact) mass is 260 g/mol. The molecule has 5 heteroatoms. The third-order valence-corrected chi connectivity index (χ3v) is 2.74. The molecule has 5 nitrogen and oxygen atoms in total. The highest BCUT2D eigenvalue weighted by Crippen LogP contribution is 2.05. The molecule has 19 heavy (non-hydrogen) atoms. The largest absolute Gasteiger partial charge is 0.394 e. The molecule has 1 heterocycles. The van der Waals surface area contributed by atoms with Gasteiger partial charge < -0.3 is 14.9 Å². The van der Waals surface area contributed by atoms with Gasteiger partial charge in [-0.05, 0) is 18.9 Å². The quantitative estimate of drug-likeness (QED) is 0.850. The van der Waals surface area contributed by atoms with Crippen molar-refractivity contribution in [3.8, 4) is 0 Å². The Kier molecular flexibility index (Phi) is 4.30. The lowest BCUT2D eigenvalue weighted by molar-refractivity contribution is 0.0907. The summed E-state index contributed by atoms with van der Waals surface area (Å²) in [6.07, 6.45) is 0.569. The first kappa shape index (κ1) is 13.3. The van der Waals surface area contributed by atoms with Crippen LogP contribution in [0.15, 0.2) is 40.9 Å². The van der Waals surface area contributed by atoms with Crippen molar-refractivity contribution in [1.29, 1.82) is 0 Å². The van der Waals surface area contributed by atoms with Crippen LogP contribution < -0.4 is 5.32 Å². The Morgan fingerprint density at radius 1 is 1.42 bits per heavy atom. The summed E-state index contributed by atoms with van der Waals surface area (Å²) in [6.45, 7) is 1.59. The van der Waals surface area contributed by atoms with E-state index < -0.39 is 0 Å². The fourth-order valence-electron chi connectivity index (χ4n) is 1.79. The van der Waals surface area contributed by atoms with Crippen LogP contribution in [0, 0.1) is 6.92 Å². The second kappa shape index (κ2) is 6.15. The molecule has 1 aromatic carbocycles. The summed E-state index contributed by atoms with van der Waals surface area (Å²) in [5, 5.41) is 15.7. The van der Waals surface area contributed by atoms with Crippen molar-refractivity contribution in [3.05, 3.63) is 53.4 Å². The van der Waals surface area contributed by atoms with Crippen molar-refractivity contribution < 1.29 is 14.4 Å². The smallest absolute Gasteiger partial charge is 0.273 e. The summed E-state index contributed by atoms with van der Waals surface area (Å²) in [7, 11) is 0. The molecule has 0 fully saturated rings. The van der Waals surface area contributed by atoms with Crippen molar-refractivity contribution in [2.45, 2.75) is 19.4 Å². The van der Waals surface area contributed by atoms with Gasteiger partial charge in [0.05, 0.1) is 12.6 Å². The molecule has 2 N–H and O–H groups in total. The zero-order valence-corrected chi connectivity index (χ0v) is 10.7. The highest BCUT2D eigenvalue weighted by Gasteiger charge is 2.16. The van der Waals surface area contributed by atoms with Crippen molar-refractivity contribution in [2.75, 3.05) is 6.61 Å². The van der Waals surface area contributed by atoms with Gasteiger partial charge in [-0.25, -0.2) is 0 Å². The lowest BCUT2D eigenvalue weighted by atomic mass is 10.1. The number of nitrogens with zero attached hydrogens (tertiary/aromatic N) is 1. The van der Waals surface area contributed by atoms with E-state index in [1.54, 1.807) is 13.0 Å². The molecule has 2 aromatic rings. The molecule has 0 bridgehead atoms. The summed E-state index contributed by atoms with van der Waals surface area (Å²) in [4.78, 5) is 11.9. The molecular formula is C14H16N2O3. The predicted octanol–water partition coefficient (Wildman–Crippen LogP) is 1.32. The van der Waals surface area contributed by atoms with E-state index in [4.69, 9.17) is 4.52 Å². The summed E-state index contributed by atoms with van der Waals surface area (Å²) < 4.78 is 4.85. The van der Waals surface area contributed by atoms with E-state index >= 15 is 0 Å². The van der Waals surface area contributed by atoms with Crippen molar-refractivity contribution in [1.82, 2.24) is 10.5 Å². The minimum absolute atomic E-state index is 0.128. The summed E-state index contributed by atoms with van der Waals surface area (Å²) in [5.74, 6) is 0.237. The molecule has 0 radical (unpaired) electrons. The van der Waals surface area contributed by atoms with Crippen LogP contribution in [0.5, 0.6) is 0 Å². The van der Waals surface area contributed by atoms with Crippen molar-refractivity contribution >= 4 is 5.91 Å².